The largest absolute Gasteiger partial charge is 0.311 e. The smallest absolute Gasteiger partial charge is 0.252 e. The Morgan fingerprint density at radius 2 is 0.839 bits per heavy atom. The summed E-state index contributed by atoms with van der Waals surface area (Å²) in [5.74, 6) is 0.844. The number of aryl methyl sites for hydroxylation is 1. The van der Waals surface area contributed by atoms with E-state index in [0.717, 1.165) is 0 Å². The zero-order chi connectivity index (χ0) is 42.8. The third kappa shape index (κ3) is 5.27. The Morgan fingerprint density at radius 3 is 1.24 bits per heavy atom. The fraction of sp³-hybridized carbons (Fsp3) is 0.263. The number of anilines is 6. The quantitative estimate of drug-likeness (QED) is 0.141. The first kappa shape index (κ1) is 39.5. The highest BCUT2D eigenvalue weighted by atomic mass is 28.3. The second-order valence-electron chi connectivity index (χ2n) is 19.4. The van der Waals surface area contributed by atoms with Crippen LogP contribution in [0.25, 0.3) is 22.3 Å². The molecule has 4 aliphatic heterocycles. The number of hydrogen-bond donors (Lipinski definition) is 0. The van der Waals surface area contributed by atoms with Gasteiger partial charge < -0.3 is 9.80 Å². The molecule has 5 heteroatoms. The van der Waals surface area contributed by atoms with Crippen molar-refractivity contribution in [3.63, 3.8) is 0 Å². The van der Waals surface area contributed by atoms with E-state index in [2.05, 4.69) is 206 Å². The predicted molar refractivity (Wildman–Crippen MR) is 276 cm³/mol. The van der Waals surface area contributed by atoms with E-state index in [1.165, 1.54) is 114 Å². The van der Waals surface area contributed by atoms with E-state index in [9.17, 15) is 0 Å². The molecule has 7 aromatic carbocycles. The molecule has 0 saturated carbocycles. The second kappa shape index (κ2) is 14.3. The van der Waals surface area contributed by atoms with E-state index in [1.807, 2.05) is 0 Å². The van der Waals surface area contributed by atoms with E-state index in [-0.39, 0.29) is 6.71 Å². The van der Waals surface area contributed by atoms with E-state index >= 15 is 0 Å². The molecule has 0 unspecified atom stereocenters. The minimum atomic E-state index is -1.96. The van der Waals surface area contributed by atoms with Gasteiger partial charge in [0, 0.05) is 34.1 Å². The summed E-state index contributed by atoms with van der Waals surface area (Å²) in [6, 6.07) is 58.4. The lowest BCUT2D eigenvalue weighted by Crippen LogP contribution is -2.61. The number of benzene rings is 7. The molecule has 0 bridgehead atoms. The Bertz CT molecular complexity index is 2780. The average molecular weight is 839 g/mol. The van der Waals surface area contributed by atoms with Crippen LogP contribution in [-0.4, -0.2) is 22.9 Å². The lowest BCUT2D eigenvalue weighted by molar-refractivity contribution is 0.867. The van der Waals surface area contributed by atoms with Crippen LogP contribution in [0.2, 0.25) is 24.2 Å². The van der Waals surface area contributed by atoms with Crippen molar-refractivity contribution in [3.8, 4) is 22.3 Å². The Hall–Kier alpha value is -5.36. The molecule has 11 rings (SSSR count). The molecule has 0 spiro atoms. The molecule has 4 heterocycles. The maximum Gasteiger partial charge on any atom is 0.252 e. The van der Waals surface area contributed by atoms with Gasteiger partial charge in [0.25, 0.3) is 6.71 Å². The van der Waals surface area contributed by atoms with Crippen LogP contribution in [-0.2, 0) is 0 Å². The van der Waals surface area contributed by atoms with E-state index in [0.29, 0.717) is 11.8 Å². The predicted octanol–water partition coefficient (Wildman–Crippen LogP) is 11.5. The lowest BCUT2D eigenvalue weighted by atomic mass is 9.33. The fourth-order valence-electron chi connectivity index (χ4n) is 12.6. The van der Waals surface area contributed by atoms with Crippen molar-refractivity contribution in [1.29, 1.82) is 0 Å². The summed E-state index contributed by atoms with van der Waals surface area (Å²) in [6.45, 7) is 21.6. The van der Waals surface area contributed by atoms with E-state index in [4.69, 9.17) is 0 Å². The van der Waals surface area contributed by atoms with Gasteiger partial charge in [-0.15, -0.1) is 0 Å². The number of hydrogen-bond acceptors (Lipinski definition) is 2. The number of nitrogens with zero attached hydrogens (tertiary/aromatic N) is 2. The van der Waals surface area contributed by atoms with Crippen LogP contribution in [0.15, 0.2) is 133 Å². The van der Waals surface area contributed by atoms with Crippen LogP contribution in [0.5, 0.6) is 0 Å². The molecule has 0 atom stereocenters. The molecular formula is C57H59BN2Si2. The topological polar surface area (TPSA) is 6.48 Å². The Morgan fingerprint density at radius 1 is 0.435 bits per heavy atom. The number of rotatable bonds is 8. The van der Waals surface area contributed by atoms with Gasteiger partial charge in [-0.3, -0.25) is 0 Å². The van der Waals surface area contributed by atoms with Gasteiger partial charge in [-0.2, -0.15) is 0 Å². The summed E-state index contributed by atoms with van der Waals surface area (Å²) in [7, 11) is -3.91. The van der Waals surface area contributed by atoms with Crippen molar-refractivity contribution < 1.29 is 0 Å². The zero-order valence-electron chi connectivity index (χ0n) is 38.2. The summed E-state index contributed by atoms with van der Waals surface area (Å²) in [6.07, 6.45) is 0. The molecule has 308 valence electrons. The standard InChI is InChI=1S/C57H59BN2Si2/c1-10-61(11-2)53-20-16-14-18-43(53)45-26-24-41(34-55(45)61)59-49-28-22-39(36(5)6)32-47(49)58-48-33-40(37(7)8)23-29-50(48)60(52-31-38(9)30-51(59)57(52)58)42-25-27-46-44-19-15-17-21-54(44)62(12-3,13-4)56(46)35-42/h14-37H,10-13H2,1-9H3. The van der Waals surface area contributed by atoms with Crippen molar-refractivity contribution in [3.05, 3.63) is 150 Å². The van der Waals surface area contributed by atoms with Gasteiger partial charge in [0.05, 0.1) is 0 Å². The van der Waals surface area contributed by atoms with Crippen LogP contribution in [0, 0.1) is 6.92 Å². The molecule has 62 heavy (non-hydrogen) atoms. The minimum absolute atomic E-state index is 0.104. The molecule has 0 aliphatic carbocycles. The van der Waals surface area contributed by atoms with E-state index < -0.39 is 16.1 Å². The highest BCUT2D eigenvalue weighted by molar-refractivity contribution is 7.06. The SMILES string of the molecule is CC[Si]1(CC)c2ccccc2-c2ccc(N3c4ccc(C(C)C)cc4B4c5cc(C(C)C)ccc5N(c5ccc6c(c5)[Si](CC)(CC)c5ccccc5-6)c5cc(C)cc3c54)cc21. The van der Waals surface area contributed by atoms with Crippen LogP contribution in [0.3, 0.4) is 0 Å². The van der Waals surface area contributed by atoms with E-state index in [1.54, 1.807) is 20.7 Å². The van der Waals surface area contributed by atoms with Crippen molar-refractivity contribution in [2.75, 3.05) is 9.80 Å². The van der Waals surface area contributed by atoms with Crippen LogP contribution < -0.4 is 46.9 Å². The van der Waals surface area contributed by atoms with Crippen LogP contribution >= 0.6 is 0 Å². The van der Waals surface area contributed by atoms with Gasteiger partial charge in [-0.1, -0.05) is 164 Å². The third-order valence-corrected chi connectivity index (χ3v) is 26.7. The molecule has 4 aliphatic rings. The first-order valence-electron chi connectivity index (χ1n) is 23.6. The Kier molecular flexibility index (Phi) is 9.13. The molecule has 0 fully saturated rings. The first-order chi connectivity index (χ1) is 30.1. The molecule has 0 saturated heterocycles. The molecule has 7 aromatic rings. The van der Waals surface area contributed by atoms with Gasteiger partial charge in [-0.05, 0) is 143 Å². The van der Waals surface area contributed by atoms with Crippen molar-refractivity contribution in [2.45, 2.75) is 98.3 Å². The molecule has 2 nitrogen and oxygen atoms in total. The maximum absolute atomic E-state index is 2.66. The van der Waals surface area contributed by atoms with Crippen LogP contribution in [0.1, 0.15) is 83.9 Å². The molecule has 0 amide bonds. The van der Waals surface area contributed by atoms with Crippen molar-refractivity contribution >= 4 is 94.1 Å². The van der Waals surface area contributed by atoms with Gasteiger partial charge in [0.1, 0.15) is 16.1 Å². The van der Waals surface area contributed by atoms with Crippen LogP contribution in [0.4, 0.5) is 34.1 Å². The molecule has 0 aromatic heterocycles. The molecular weight excluding hydrogens is 780 g/mol. The van der Waals surface area contributed by atoms with Gasteiger partial charge >= 0.3 is 0 Å². The number of fused-ring (bicyclic) bond motifs is 10. The maximum atomic E-state index is 2.66. The van der Waals surface area contributed by atoms with Gasteiger partial charge in [0.15, 0.2) is 0 Å². The Labute approximate surface area is 372 Å². The van der Waals surface area contributed by atoms with Gasteiger partial charge in [-0.25, -0.2) is 0 Å². The first-order valence-corrected chi connectivity index (χ1v) is 28.4. The van der Waals surface area contributed by atoms with Gasteiger partial charge in [0.2, 0.25) is 0 Å². The second-order valence-corrected chi connectivity index (χ2v) is 28.7. The lowest BCUT2D eigenvalue weighted by Gasteiger charge is -2.45. The molecule has 0 radical (unpaired) electrons. The summed E-state index contributed by atoms with van der Waals surface area (Å²) < 4.78 is 0. The van der Waals surface area contributed by atoms with Crippen molar-refractivity contribution in [1.82, 2.24) is 0 Å². The summed E-state index contributed by atoms with van der Waals surface area (Å²) >= 11 is 0. The average Bonchev–Trinajstić information content (AvgIpc) is 3.74. The van der Waals surface area contributed by atoms with Crippen molar-refractivity contribution in [2.24, 2.45) is 0 Å². The normalized spacial score (nSPS) is 15.6. The summed E-state index contributed by atoms with van der Waals surface area (Å²) in [4.78, 5) is 5.33. The Balaban J connectivity index is 1.19. The minimum Gasteiger partial charge on any atom is -0.311 e. The fourth-order valence-corrected chi connectivity index (χ4v) is 21.9. The summed E-state index contributed by atoms with van der Waals surface area (Å²) in [5.41, 5.74) is 22.0. The highest BCUT2D eigenvalue weighted by Crippen LogP contribution is 2.47. The summed E-state index contributed by atoms with van der Waals surface area (Å²) in [5, 5.41) is 6.46. The molecule has 0 N–H and O–H groups in total. The zero-order valence-corrected chi connectivity index (χ0v) is 40.2. The highest BCUT2D eigenvalue weighted by Gasteiger charge is 2.47. The monoisotopic (exact) mass is 838 g/mol. The third-order valence-electron chi connectivity index (χ3n) is 16.0.